The molecule has 0 spiro atoms. The van der Waals surface area contributed by atoms with Gasteiger partial charge in [0.25, 0.3) is 5.91 Å². The summed E-state index contributed by atoms with van der Waals surface area (Å²) in [5.41, 5.74) is 2.83. The number of benzene rings is 1. The van der Waals surface area contributed by atoms with E-state index in [0.717, 1.165) is 29.7 Å². The first-order chi connectivity index (χ1) is 11.7. The number of hydrogen-bond donors (Lipinski definition) is 1. The van der Waals surface area contributed by atoms with E-state index in [-0.39, 0.29) is 5.91 Å². The van der Waals surface area contributed by atoms with Crippen LogP contribution in [0, 0.1) is 0 Å². The first-order valence-corrected chi connectivity index (χ1v) is 10.4. The van der Waals surface area contributed by atoms with E-state index in [2.05, 4.69) is 17.4 Å². The van der Waals surface area contributed by atoms with Gasteiger partial charge in [-0.25, -0.2) is 0 Å². The summed E-state index contributed by atoms with van der Waals surface area (Å²) >= 11 is 2.00. The minimum absolute atomic E-state index is 0.0141. The second-order valence-electron chi connectivity index (χ2n) is 6.97. The van der Waals surface area contributed by atoms with E-state index in [0.29, 0.717) is 0 Å². The van der Waals surface area contributed by atoms with Crippen LogP contribution in [0.25, 0.3) is 0 Å². The van der Waals surface area contributed by atoms with Crippen molar-refractivity contribution in [1.29, 1.82) is 0 Å². The molecule has 1 aromatic rings. The van der Waals surface area contributed by atoms with Crippen molar-refractivity contribution in [2.75, 3.05) is 12.3 Å². The van der Waals surface area contributed by atoms with Gasteiger partial charge in [0.15, 0.2) is 6.10 Å². The monoisotopic (exact) mass is 347 g/mol. The van der Waals surface area contributed by atoms with Crippen molar-refractivity contribution in [1.82, 2.24) is 5.32 Å². The topological polar surface area (TPSA) is 38.3 Å². The summed E-state index contributed by atoms with van der Waals surface area (Å²) < 4.78 is 5.85. The maximum Gasteiger partial charge on any atom is 0.260 e. The third kappa shape index (κ3) is 4.92. The summed E-state index contributed by atoms with van der Waals surface area (Å²) in [4.78, 5) is 12.2. The first kappa shape index (κ1) is 17.7. The van der Waals surface area contributed by atoms with Crippen molar-refractivity contribution < 1.29 is 9.53 Å². The van der Waals surface area contributed by atoms with Crippen molar-refractivity contribution in [3.05, 3.63) is 29.3 Å². The van der Waals surface area contributed by atoms with Gasteiger partial charge in [-0.1, -0.05) is 18.9 Å². The summed E-state index contributed by atoms with van der Waals surface area (Å²) in [7, 11) is 0. The van der Waals surface area contributed by atoms with E-state index in [1.54, 1.807) is 0 Å². The maximum absolute atomic E-state index is 12.2. The van der Waals surface area contributed by atoms with Gasteiger partial charge in [-0.2, -0.15) is 11.8 Å². The second-order valence-corrected chi connectivity index (χ2v) is 8.37. The van der Waals surface area contributed by atoms with Crippen LogP contribution in [0.4, 0.5) is 0 Å². The summed E-state index contributed by atoms with van der Waals surface area (Å²) in [6.07, 6.45) is 9.83. The van der Waals surface area contributed by atoms with Crippen LogP contribution in [0.2, 0.25) is 0 Å². The number of aryl methyl sites for hydroxylation is 2. The van der Waals surface area contributed by atoms with Gasteiger partial charge in [-0.05, 0) is 68.7 Å². The van der Waals surface area contributed by atoms with E-state index in [1.807, 2.05) is 24.8 Å². The Hall–Kier alpha value is -1.16. The molecule has 4 heteroatoms. The van der Waals surface area contributed by atoms with Crippen LogP contribution in [-0.2, 0) is 17.6 Å². The number of carbonyl (C=O) groups is 1. The van der Waals surface area contributed by atoms with E-state index in [9.17, 15) is 4.79 Å². The number of hydrogen-bond acceptors (Lipinski definition) is 3. The smallest absolute Gasteiger partial charge is 0.260 e. The Morgan fingerprint density at radius 3 is 2.75 bits per heavy atom. The Bertz CT molecular complexity index is 555. The van der Waals surface area contributed by atoms with Crippen molar-refractivity contribution in [2.45, 2.75) is 69.6 Å². The van der Waals surface area contributed by atoms with Crippen LogP contribution < -0.4 is 10.1 Å². The average molecular weight is 348 g/mol. The molecule has 3 rings (SSSR count). The molecule has 2 aliphatic carbocycles. The molecule has 0 heterocycles. The number of nitrogens with one attached hydrogen (secondary N) is 1. The van der Waals surface area contributed by atoms with Crippen LogP contribution in [0.15, 0.2) is 18.2 Å². The molecular weight excluding hydrogens is 318 g/mol. The van der Waals surface area contributed by atoms with Crippen LogP contribution in [0.3, 0.4) is 0 Å². The highest BCUT2D eigenvalue weighted by atomic mass is 32.2. The highest BCUT2D eigenvalue weighted by molar-refractivity contribution is 7.99. The molecule has 1 N–H and O–H groups in total. The van der Waals surface area contributed by atoms with Gasteiger partial charge in [-0.15, -0.1) is 0 Å². The molecule has 1 atom stereocenters. The number of carbonyl (C=O) groups excluding carboxylic acids is 1. The van der Waals surface area contributed by atoms with E-state index < -0.39 is 6.10 Å². The van der Waals surface area contributed by atoms with E-state index in [1.165, 1.54) is 56.1 Å². The van der Waals surface area contributed by atoms with Crippen LogP contribution >= 0.6 is 11.8 Å². The van der Waals surface area contributed by atoms with Gasteiger partial charge in [-0.3, -0.25) is 4.79 Å². The summed E-state index contributed by atoms with van der Waals surface area (Å²) in [6, 6.07) is 6.28. The zero-order valence-electron chi connectivity index (χ0n) is 14.7. The first-order valence-electron chi connectivity index (χ1n) is 9.40. The minimum atomic E-state index is -0.442. The van der Waals surface area contributed by atoms with Crippen molar-refractivity contribution >= 4 is 17.7 Å². The quantitative estimate of drug-likeness (QED) is 0.754. The van der Waals surface area contributed by atoms with E-state index in [4.69, 9.17) is 4.74 Å². The summed E-state index contributed by atoms with van der Waals surface area (Å²) in [5, 5.41) is 3.82. The van der Waals surface area contributed by atoms with Crippen molar-refractivity contribution in [2.24, 2.45) is 0 Å². The molecule has 0 saturated heterocycles. The maximum atomic E-state index is 12.2. The third-order valence-electron chi connectivity index (χ3n) is 5.06. The number of rotatable bonds is 7. The Balaban J connectivity index is 1.40. The van der Waals surface area contributed by atoms with E-state index >= 15 is 0 Å². The molecule has 0 aromatic heterocycles. The zero-order valence-corrected chi connectivity index (χ0v) is 15.5. The lowest BCUT2D eigenvalue weighted by molar-refractivity contribution is -0.127. The molecule has 0 aliphatic heterocycles. The number of ether oxygens (including phenoxy) is 1. The molecule has 0 unspecified atom stereocenters. The molecule has 0 radical (unpaired) electrons. The molecule has 3 nitrogen and oxygen atoms in total. The van der Waals surface area contributed by atoms with Gasteiger partial charge < -0.3 is 10.1 Å². The Morgan fingerprint density at radius 1 is 1.21 bits per heavy atom. The van der Waals surface area contributed by atoms with Crippen LogP contribution in [-0.4, -0.2) is 29.6 Å². The fourth-order valence-corrected chi connectivity index (χ4v) is 4.86. The Labute approximate surface area is 149 Å². The summed E-state index contributed by atoms with van der Waals surface area (Å²) in [6.45, 7) is 2.57. The SMILES string of the molecule is C[C@H](Oc1ccc2c(c1)CCCC2)C(=O)NCCSC1CCCC1. The second kappa shape index (κ2) is 8.80. The fourth-order valence-electron chi connectivity index (χ4n) is 3.64. The highest BCUT2D eigenvalue weighted by Crippen LogP contribution is 2.29. The van der Waals surface area contributed by atoms with Gasteiger partial charge in [0, 0.05) is 17.5 Å². The standard InChI is InChI=1S/C20H29NO2S/c1-15(20(22)21-12-13-24-19-8-4-5-9-19)23-18-11-10-16-6-2-3-7-17(16)14-18/h10-11,14-15,19H,2-9,12-13H2,1H3,(H,21,22)/t15-/m0/s1. The molecular formula is C20H29NO2S. The number of thioether (sulfide) groups is 1. The Kier molecular flexibility index (Phi) is 6.47. The number of amides is 1. The molecule has 1 amide bonds. The number of fused-ring (bicyclic) bond motifs is 1. The van der Waals surface area contributed by atoms with Gasteiger partial charge in [0.05, 0.1) is 0 Å². The normalized spacial score (nSPS) is 18.9. The van der Waals surface area contributed by atoms with Gasteiger partial charge in [0.2, 0.25) is 0 Å². The Morgan fingerprint density at radius 2 is 1.96 bits per heavy atom. The summed E-state index contributed by atoms with van der Waals surface area (Å²) in [5.74, 6) is 1.81. The fraction of sp³-hybridized carbons (Fsp3) is 0.650. The average Bonchev–Trinajstić information content (AvgIpc) is 3.12. The molecule has 1 fully saturated rings. The largest absolute Gasteiger partial charge is 0.481 e. The van der Waals surface area contributed by atoms with Crippen molar-refractivity contribution in [3.8, 4) is 5.75 Å². The third-order valence-corrected chi connectivity index (χ3v) is 6.44. The zero-order chi connectivity index (χ0) is 16.8. The van der Waals surface area contributed by atoms with Crippen molar-refractivity contribution in [3.63, 3.8) is 0 Å². The lowest BCUT2D eigenvalue weighted by Crippen LogP contribution is -2.37. The van der Waals surface area contributed by atoms with Crippen LogP contribution in [0.1, 0.15) is 56.6 Å². The lowest BCUT2D eigenvalue weighted by atomic mass is 9.92. The molecule has 2 aliphatic rings. The van der Waals surface area contributed by atoms with Gasteiger partial charge in [0.1, 0.15) is 5.75 Å². The molecule has 24 heavy (non-hydrogen) atoms. The molecule has 1 aromatic carbocycles. The minimum Gasteiger partial charge on any atom is -0.481 e. The van der Waals surface area contributed by atoms with Gasteiger partial charge >= 0.3 is 0 Å². The predicted octanol–water partition coefficient (Wildman–Crippen LogP) is 4.12. The van der Waals surface area contributed by atoms with Crippen LogP contribution in [0.5, 0.6) is 5.75 Å². The molecule has 0 bridgehead atoms. The lowest BCUT2D eigenvalue weighted by Gasteiger charge is -2.19. The molecule has 132 valence electrons. The predicted molar refractivity (Wildman–Crippen MR) is 101 cm³/mol. The molecule has 1 saturated carbocycles. The highest BCUT2D eigenvalue weighted by Gasteiger charge is 2.17.